The van der Waals surface area contributed by atoms with Crippen LogP contribution in [0.1, 0.15) is 5.56 Å². The minimum atomic E-state index is 0.0390. The van der Waals surface area contributed by atoms with E-state index in [1.807, 2.05) is 56.4 Å². The zero-order chi connectivity index (χ0) is 17.4. The summed E-state index contributed by atoms with van der Waals surface area (Å²) in [6.07, 6.45) is 0. The van der Waals surface area contributed by atoms with E-state index in [1.54, 1.807) is 9.80 Å². The third kappa shape index (κ3) is 2.89. The predicted octanol–water partition coefficient (Wildman–Crippen LogP) is 4.16. The molecule has 1 N–H and O–H groups in total. The van der Waals surface area contributed by atoms with Crippen LogP contribution in [0.15, 0.2) is 54.6 Å². The molecule has 5 nitrogen and oxygen atoms in total. The number of carbonyl (C=O) groups excluding carboxylic acids is 1. The Hall–Kier alpha value is -3.08. The lowest BCUT2D eigenvalue weighted by Crippen LogP contribution is -2.29. The zero-order valence-corrected chi connectivity index (χ0v) is 14.4. The van der Waals surface area contributed by atoms with Crippen molar-refractivity contribution in [1.29, 1.82) is 0 Å². The predicted molar refractivity (Wildman–Crippen MR) is 102 cm³/mol. The van der Waals surface area contributed by atoms with Crippen LogP contribution >= 0.6 is 0 Å². The zero-order valence-electron chi connectivity index (χ0n) is 14.4. The number of urea groups is 1. The summed E-state index contributed by atoms with van der Waals surface area (Å²) in [6.45, 7) is 3.51. The Morgan fingerprint density at radius 1 is 1.04 bits per heavy atom. The third-order valence-corrected chi connectivity index (χ3v) is 4.55. The standard InChI is InChI=1S/C20H20N4O/c1-14-12-15-6-3-4-9-18(15)22-19(14)21-16-7-5-8-17(13-16)24-11-10-23(2)20(24)25/h3-9,12-13H,10-11H2,1-2H3,(H,21,22). The number of benzene rings is 2. The molecule has 2 aromatic carbocycles. The molecule has 3 aromatic rings. The van der Waals surface area contributed by atoms with Crippen LogP contribution in [0.5, 0.6) is 0 Å². The molecule has 0 spiro atoms. The quantitative estimate of drug-likeness (QED) is 0.783. The van der Waals surface area contributed by atoms with E-state index in [0.717, 1.165) is 40.2 Å². The van der Waals surface area contributed by atoms with Gasteiger partial charge < -0.3 is 10.2 Å². The molecule has 0 atom stereocenters. The van der Waals surface area contributed by atoms with E-state index in [1.165, 1.54) is 0 Å². The monoisotopic (exact) mass is 332 g/mol. The molecule has 2 amide bonds. The number of likely N-dealkylation sites (N-methyl/N-ethyl adjacent to an activating group) is 1. The topological polar surface area (TPSA) is 48.5 Å². The third-order valence-electron chi connectivity index (χ3n) is 4.55. The molecule has 1 aliphatic rings. The summed E-state index contributed by atoms with van der Waals surface area (Å²) in [5, 5.41) is 4.52. The van der Waals surface area contributed by atoms with E-state index >= 15 is 0 Å². The van der Waals surface area contributed by atoms with Gasteiger partial charge in [0.15, 0.2) is 0 Å². The molecule has 1 aliphatic heterocycles. The number of anilines is 3. The number of hydrogen-bond acceptors (Lipinski definition) is 3. The number of fused-ring (bicyclic) bond motifs is 1. The van der Waals surface area contributed by atoms with Crippen molar-refractivity contribution in [1.82, 2.24) is 9.88 Å². The molecule has 0 saturated carbocycles. The highest BCUT2D eigenvalue weighted by molar-refractivity contribution is 5.94. The summed E-state index contributed by atoms with van der Waals surface area (Å²) in [4.78, 5) is 20.4. The fourth-order valence-electron chi connectivity index (χ4n) is 3.12. The van der Waals surface area contributed by atoms with Crippen LogP contribution in [-0.4, -0.2) is 36.1 Å². The minimum Gasteiger partial charge on any atom is -0.340 e. The van der Waals surface area contributed by atoms with Crippen LogP contribution in [0, 0.1) is 6.92 Å². The Bertz CT molecular complexity index is 953. The molecule has 126 valence electrons. The first-order valence-corrected chi connectivity index (χ1v) is 8.38. The van der Waals surface area contributed by atoms with Crippen molar-refractivity contribution in [2.45, 2.75) is 6.92 Å². The molecule has 0 unspecified atom stereocenters. The molecular formula is C20H20N4O. The van der Waals surface area contributed by atoms with Crippen LogP contribution < -0.4 is 10.2 Å². The van der Waals surface area contributed by atoms with E-state index in [9.17, 15) is 4.79 Å². The van der Waals surface area contributed by atoms with Gasteiger partial charge in [0, 0.05) is 36.9 Å². The first-order valence-electron chi connectivity index (χ1n) is 8.38. The summed E-state index contributed by atoms with van der Waals surface area (Å²) < 4.78 is 0. The van der Waals surface area contributed by atoms with Crippen LogP contribution in [-0.2, 0) is 0 Å². The fraction of sp³-hybridized carbons (Fsp3) is 0.200. The molecule has 2 heterocycles. The Kier molecular flexibility index (Phi) is 3.76. The Morgan fingerprint density at radius 2 is 1.88 bits per heavy atom. The molecule has 1 aromatic heterocycles. The second kappa shape index (κ2) is 6.09. The van der Waals surface area contributed by atoms with E-state index in [-0.39, 0.29) is 6.03 Å². The van der Waals surface area contributed by atoms with Gasteiger partial charge in [-0.3, -0.25) is 4.90 Å². The molecule has 1 fully saturated rings. The number of para-hydroxylation sites is 1. The second-order valence-electron chi connectivity index (χ2n) is 6.38. The maximum Gasteiger partial charge on any atom is 0.324 e. The van der Waals surface area contributed by atoms with Gasteiger partial charge in [0.25, 0.3) is 0 Å². The largest absolute Gasteiger partial charge is 0.340 e. The van der Waals surface area contributed by atoms with E-state index in [0.29, 0.717) is 6.54 Å². The molecule has 4 rings (SSSR count). The maximum atomic E-state index is 12.2. The van der Waals surface area contributed by atoms with E-state index in [2.05, 4.69) is 17.4 Å². The van der Waals surface area contributed by atoms with Crippen LogP contribution in [0.3, 0.4) is 0 Å². The van der Waals surface area contributed by atoms with Crippen molar-refractivity contribution in [3.63, 3.8) is 0 Å². The summed E-state index contributed by atoms with van der Waals surface area (Å²) in [5.74, 6) is 0.834. The normalized spacial score (nSPS) is 14.4. The summed E-state index contributed by atoms with van der Waals surface area (Å²) in [7, 11) is 1.83. The molecule has 0 bridgehead atoms. The van der Waals surface area contributed by atoms with Crippen molar-refractivity contribution in [3.8, 4) is 0 Å². The van der Waals surface area contributed by atoms with Crippen molar-refractivity contribution in [2.75, 3.05) is 30.4 Å². The van der Waals surface area contributed by atoms with Crippen molar-refractivity contribution in [3.05, 3.63) is 60.2 Å². The Labute approximate surface area is 146 Å². The molecule has 0 radical (unpaired) electrons. The average Bonchev–Trinajstić information content (AvgIpc) is 2.95. The van der Waals surface area contributed by atoms with Gasteiger partial charge in [-0.15, -0.1) is 0 Å². The summed E-state index contributed by atoms with van der Waals surface area (Å²) >= 11 is 0. The molecule has 1 saturated heterocycles. The smallest absolute Gasteiger partial charge is 0.324 e. The highest BCUT2D eigenvalue weighted by Gasteiger charge is 2.26. The number of rotatable bonds is 3. The average molecular weight is 332 g/mol. The lowest BCUT2D eigenvalue weighted by molar-refractivity contribution is 0.229. The van der Waals surface area contributed by atoms with Crippen molar-refractivity contribution in [2.24, 2.45) is 0 Å². The fourth-order valence-corrected chi connectivity index (χ4v) is 3.12. The van der Waals surface area contributed by atoms with Gasteiger partial charge in [-0.1, -0.05) is 24.3 Å². The first-order chi connectivity index (χ1) is 12.1. The number of aromatic nitrogens is 1. The molecule has 25 heavy (non-hydrogen) atoms. The van der Waals surface area contributed by atoms with Crippen LogP contribution in [0.25, 0.3) is 10.9 Å². The lowest BCUT2D eigenvalue weighted by Gasteiger charge is -2.17. The van der Waals surface area contributed by atoms with Gasteiger partial charge in [-0.05, 0) is 42.8 Å². The molecule has 5 heteroatoms. The molecule has 0 aliphatic carbocycles. The van der Waals surface area contributed by atoms with Crippen LogP contribution in [0.4, 0.5) is 22.0 Å². The lowest BCUT2D eigenvalue weighted by atomic mass is 10.1. The Balaban J connectivity index is 1.64. The SMILES string of the molecule is Cc1cc2ccccc2nc1Nc1cccc(N2CCN(C)C2=O)c1. The van der Waals surface area contributed by atoms with Gasteiger partial charge in [-0.25, -0.2) is 9.78 Å². The van der Waals surface area contributed by atoms with E-state index in [4.69, 9.17) is 4.98 Å². The van der Waals surface area contributed by atoms with Gasteiger partial charge in [0.05, 0.1) is 5.52 Å². The van der Waals surface area contributed by atoms with Crippen LogP contribution in [0.2, 0.25) is 0 Å². The second-order valence-corrected chi connectivity index (χ2v) is 6.38. The van der Waals surface area contributed by atoms with E-state index < -0.39 is 0 Å². The number of aryl methyl sites for hydroxylation is 1. The number of hydrogen-bond donors (Lipinski definition) is 1. The summed E-state index contributed by atoms with van der Waals surface area (Å²) in [5.41, 5.74) is 3.87. The Morgan fingerprint density at radius 3 is 2.68 bits per heavy atom. The van der Waals surface area contributed by atoms with Gasteiger partial charge in [0.2, 0.25) is 0 Å². The van der Waals surface area contributed by atoms with Gasteiger partial charge >= 0.3 is 6.03 Å². The maximum absolute atomic E-state index is 12.2. The van der Waals surface area contributed by atoms with Crippen molar-refractivity contribution < 1.29 is 4.79 Å². The number of nitrogens with one attached hydrogen (secondary N) is 1. The number of pyridine rings is 1. The highest BCUT2D eigenvalue weighted by atomic mass is 16.2. The number of carbonyl (C=O) groups is 1. The highest BCUT2D eigenvalue weighted by Crippen LogP contribution is 2.27. The number of nitrogens with zero attached hydrogens (tertiary/aromatic N) is 3. The van der Waals surface area contributed by atoms with Gasteiger partial charge in [0.1, 0.15) is 5.82 Å². The first kappa shape index (κ1) is 15.4. The minimum absolute atomic E-state index is 0.0390. The molecular weight excluding hydrogens is 312 g/mol. The number of amides is 2. The summed E-state index contributed by atoms with van der Waals surface area (Å²) in [6, 6.07) is 18.2. The van der Waals surface area contributed by atoms with Crippen molar-refractivity contribution >= 4 is 34.1 Å². The van der Waals surface area contributed by atoms with Gasteiger partial charge in [-0.2, -0.15) is 0 Å².